The number of carbonyl (C=O) groups is 1. The second kappa shape index (κ2) is 4.84. The Hall–Kier alpha value is -1.42. The average Bonchev–Trinajstić information content (AvgIpc) is 2.32. The number of carbonyl (C=O) groups excluding carboxylic acids is 1. The highest BCUT2D eigenvalue weighted by atomic mass is 16.3. The monoisotopic (exact) mass is 234 g/mol. The number of aliphatic hydroxyl groups excluding tert-OH is 1. The van der Waals surface area contributed by atoms with Gasteiger partial charge in [0, 0.05) is 18.8 Å². The van der Waals surface area contributed by atoms with Crippen LogP contribution in [0.15, 0.2) is 18.2 Å². The first kappa shape index (κ1) is 12.0. The highest BCUT2D eigenvalue weighted by molar-refractivity contribution is 5.92. The third-order valence-corrected chi connectivity index (χ3v) is 3.31. The molecule has 1 fully saturated rings. The zero-order valence-electron chi connectivity index (χ0n) is 10.3. The van der Waals surface area contributed by atoms with Gasteiger partial charge in [0.2, 0.25) is 0 Å². The van der Waals surface area contributed by atoms with Crippen LogP contribution in [0.25, 0.3) is 0 Å². The first-order chi connectivity index (χ1) is 8.08. The normalized spacial score (nSPS) is 24.8. The number of hydrogen-bond acceptors (Lipinski definition) is 3. The molecule has 1 aromatic heterocycles. The number of hydrogen-bond donors (Lipinski definition) is 1. The van der Waals surface area contributed by atoms with Crippen LogP contribution in [0.1, 0.15) is 29.5 Å². The van der Waals surface area contributed by atoms with Crippen molar-refractivity contribution in [3.8, 4) is 0 Å². The molecular weight excluding hydrogens is 216 g/mol. The minimum absolute atomic E-state index is 0.0837. The summed E-state index contributed by atoms with van der Waals surface area (Å²) >= 11 is 0. The van der Waals surface area contributed by atoms with Gasteiger partial charge in [-0.05, 0) is 31.4 Å². The molecule has 2 unspecified atom stereocenters. The predicted molar refractivity (Wildman–Crippen MR) is 64.7 cm³/mol. The van der Waals surface area contributed by atoms with Crippen LogP contribution in [0, 0.1) is 12.8 Å². The van der Waals surface area contributed by atoms with E-state index >= 15 is 0 Å². The van der Waals surface area contributed by atoms with E-state index in [0.29, 0.717) is 18.8 Å². The van der Waals surface area contributed by atoms with Gasteiger partial charge in [0.15, 0.2) is 0 Å². The fraction of sp³-hybridized carbons (Fsp3) is 0.538. The summed E-state index contributed by atoms with van der Waals surface area (Å²) in [6.07, 6.45) is 0.427. The quantitative estimate of drug-likeness (QED) is 0.795. The predicted octanol–water partition coefficient (Wildman–Crippen LogP) is 1.23. The van der Waals surface area contributed by atoms with Gasteiger partial charge >= 0.3 is 0 Å². The SMILES string of the molecule is Cc1cccc(C(=O)N2CCC(C)C(O)C2)n1. The van der Waals surface area contributed by atoms with E-state index < -0.39 is 6.10 Å². The van der Waals surface area contributed by atoms with Crippen LogP contribution in [0.5, 0.6) is 0 Å². The Morgan fingerprint density at radius 3 is 2.94 bits per heavy atom. The van der Waals surface area contributed by atoms with Crippen molar-refractivity contribution in [2.24, 2.45) is 5.92 Å². The standard InChI is InChI=1S/C13H18N2O2/c1-9-6-7-15(8-12(9)16)13(17)11-5-3-4-10(2)14-11/h3-5,9,12,16H,6-8H2,1-2H3. The number of pyridine rings is 1. The van der Waals surface area contributed by atoms with E-state index in [2.05, 4.69) is 4.98 Å². The van der Waals surface area contributed by atoms with Crippen molar-refractivity contribution in [1.29, 1.82) is 0 Å². The zero-order valence-corrected chi connectivity index (χ0v) is 10.3. The molecule has 1 N–H and O–H groups in total. The van der Waals surface area contributed by atoms with Crippen molar-refractivity contribution in [1.82, 2.24) is 9.88 Å². The van der Waals surface area contributed by atoms with Gasteiger partial charge in [-0.3, -0.25) is 4.79 Å². The number of aromatic nitrogens is 1. The van der Waals surface area contributed by atoms with Crippen LogP contribution >= 0.6 is 0 Å². The van der Waals surface area contributed by atoms with Crippen molar-refractivity contribution in [2.75, 3.05) is 13.1 Å². The molecule has 1 aromatic rings. The lowest BCUT2D eigenvalue weighted by atomic mass is 9.96. The van der Waals surface area contributed by atoms with E-state index in [1.54, 1.807) is 11.0 Å². The van der Waals surface area contributed by atoms with Crippen LogP contribution < -0.4 is 0 Å². The summed E-state index contributed by atoms with van der Waals surface area (Å²) in [6.45, 7) is 4.99. The largest absolute Gasteiger partial charge is 0.391 e. The number of β-amino-alcohol motifs (C(OH)–C–C–N with tert-alkyl or cyclic N) is 1. The summed E-state index contributed by atoms with van der Waals surface area (Å²) in [5.41, 5.74) is 1.30. The summed E-state index contributed by atoms with van der Waals surface area (Å²) in [7, 11) is 0. The minimum atomic E-state index is -0.419. The van der Waals surface area contributed by atoms with Gasteiger partial charge in [-0.2, -0.15) is 0 Å². The fourth-order valence-corrected chi connectivity index (χ4v) is 2.06. The van der Waals surface area contributed by atoms with E-state index in [1.807, 2.05) is 26.0 Å². The highest BCUT2D eigenvalue weighted by Crippen LogP contribution is 2.18. The van der Waals surface area contributed by atoms with Crippen molar-refractivity contribution in [2.45, 2.75) is 26.4 Å². The summed E-state index contributed by atoms with van der Waals surface area (Å²) in [4.78, 5) is 18.1. The molecule has 1 aliphatic heterocycles. The molecule has 2 heterocycles. The lowest BCUT2D eigenvalue weighted by Crippen LogP contribution is -2.46. The molecule has 0 saturated carbocycles. The van der Waals surface area contributed by atoms with E-state index in [4.69, 9.17) is 0 Å². The molecule has 0 bridgehead atoms. The molecule has 0 spiro atoms. The number of aliphatic hydroxyl groups is 1. The molecule has 2 rings (SSSR count). The second-order valence-electron chi connectivity index (χ2n) is 4.75. The summed E-state index contributed by atoms with van der Waals surface area (Å²) in [5, 5.41) is 9.78. The maximum absolute atomic E-state index is 12.2. The summed E-state index contributed by atoms with van der Waals surface area (Å²) < 4.78 is 0. The molecule has 4 heteroatoms. The third-order valence-electron chi connectivity index (χ3n) is 3.31. The van der Waals surface area contributed by atoms with Gasteiger partial charge in [-0.1, -0.05) is 13.0 Å². The van der Waals surface area contributed by atoms with E-state index in [1.165, 1.54) is 0 Å². The number of aryl methyl sites for hydroxylation is 1. The molecule has 0 aromatic carbocycles. The van der Waals surface area contributed by atoms with Gasteiger partial charge < -0.3 is 10.0 Å². The number of likely N-dealkylation sites (tertiary alicyclic amines) is 1. The lowest BCUT2D eigenvalue weighted by Gasteiger charge is -2.34. The number of amides is 1. The van der Waals surface area contributed by atoms with Crippen LogP contribution in [-0.2, 0) is 0 Å². The smallest absolute Gasteiger partial charge is 0.272 e. The Bertz CT molecular complexity index is 420. The van der Waals surface area contributed by atoms with Crippen molar-refractivity contribution >= 4 is 5.91 Å². The molecule has 1 aliphatic rings. The van der Waals surface area contributed by atoms with Crippen molar-refractivity contribution < 1.29 is 9.90 Å². The van der Waals surface area contributed by atoms with E-state index in [-0.39, 0.29) is 11.8 Å². The average molecular weight is 234 g/mol. The van der Waals surface area contributed by atoms with Crippen molar-refractivity contribution in [3.63, 3.8) is 0 Å². The molecule has 2 atom stereocenters. The highest BCUT2D eigenvalue weighted by Gasteiger charge is 2.28. The third kappa shape index (κ3) is 2.64. The van der Waals surface area contributed by atoms with Crippen LogP contribution in [0.3, 0.4) is 0 Å². The van der Waals surface area contributed by atoms with Gasteiger partial charge in [0.25, 0.3) is 5.91 Å². The molecular formula is C13H18N2O2. The first-order valence-corrected chi connectivity index (χ1v) is 5.99. The number of piperidine rings is 1. The Morgan fingerprint density at radius 2 is 2.29 bits per heavy atom. The van der Waals surface area contributed by atoms with E-state index in [9.17, 15) is 9.90 Å². The maximum Gasteiger partial charge on any atom is 0.272 e. The van der Waals surface area contributed by atoms with E-state index in [0.717, 1.165) is 12.1 Å². The first-order valence-electron chi connectivity index (χ1n) is 5.99. The molecule has 1 saturated heterocycles. The Balaban J connectivity index is 2.10. The summed E-state index contributed by atoms with van der Waals surface area (Å²) in [6, 6.07) is 5.42. The fourth-order valence-electron chi connectivity index (χ4n) is 2.06. The Morgan fingerprint density at radius 1 is 1.53 bits per heavy atom. The van der Waals surface area contributed by atoms with Crippen LogP contribution in [0.2, 0.25) is 0 Å². The van der Waals surface area contributed by atoms with Crippen LogP contribution in [-0.4, -0.2) is 40.1 Å². The molecule has 4 nitrogen and oxygen atoms in total. The van der Waals surface area contributed by atoms with Crippen molar-refractivity contribution in [3.05, 3.63) is 29.6 Å². The Kier molecular flexibility index (Phi) is 3.43. The van der Waals surface area contributed by atoms with Gasteiger partial charge in [0.1, 0.15) is 5.69 Å². The maximum atomic E-state index is 12.2. The van der Waals surface area contributed by atoms with Gasteiger partial charge in [-0.15, -0.1) is 0 Å². The number of rotatable bonds is 1. The molecule has 17 heavy (non-hydrogen) atoms. The second-order valence-corrected chi connectivity index (χ2v) is 4.75. The molecule has 0 aliphatic carbocycles. The topological polar surface area (TPSA) is 53.4 Å². The van der Waals surface area contributed by atoms with Gasteiger partial charge in [0.05, 0.1) is 6.10 Å². The Labute approximate surface area is 101 Å². The molecule has 1 amide bonds. The number of nitrogens with zero attached hydrogens (tertiary/aromatic N) is 2. The van der Waals surface area contributed by atoms with Crippen LogP contribution in [0.4, 0.5) is 0 Å². The lowest BCUT2D eigenvalue weighted by molar-refractivity contribution is 0.0245. The zero-order chi connectivity index (χ0) is 12.4. The molecule has 0 radical (unpaired) electrons. The van der Waals surface area contributed by atoms with Gasteiger partial charge in [-0.25, -0.2) is 4.98 Å². The molecule has 92 valence electrons. The summed E-state index contributed by atoms with van der Waals surface area (Å²) in [5.74, 6) is 0.184. The minimum Gasteiger partial charge on any atom is -0.391 e.